The molecule has 3 nitrogen and oxygen atoms in total. The van der Waals surface area contributed by atoms with Crippen molar-refractivity contribution >= 4 is 33.0 Å². The van der Waals surface area contributed by atoms with E-state index in [0.29, 0.717) is 15.8 Å². The zero-order chi connectivity index (χ0) is 11.1. The molecule has 1 fully saturated rings. The first kappa shape index (κ1) is 11.0. The second kappa shape index (κ2) is 3.85. The van der Waals surface area contributed by atoms with Gasteiger partial charge in [-0.1, -0.05) is 23.2 Å². The minimum Gasteiger partial charge on any atom is -0.487 e. The summed E-state index contributed by atoms with van der Waals surface area (Å²) in [4.78, 5) is 0. The number of ether oxygens (including phenoxy) is 1. The minimum atomic E-state index is -2.87. The number of hydrogen-bond acceptors (Lipinski definition) is 3. The fraction of sp³-hybridized carbons (Fsp3) is 0.333. The van der Waals surface area contributed by atoms with Gasteiger partial charge in [-0.05, 0) is 18.2 Å². The number of benzene rings is 1. The maximum absolute atomic E-state index is 10.9. The van der Waals surface area contributed by atoms with Crippen molar-refractivity contribution in [3.05, 3.63) is 28.2 Å². The highest BCUT2D eigenvalue weighted by molar-refractivity contribution is 7.92. The first-order valence-corrected chi connectivity index (χ1v) is 6.86. The van der Waals surface area contributed by atoms with Gasteiger partial charge in [0, 0.05) is 5.02 Å². The zero-order valence-electron chi connectivity index (χ0n) is 7.61. The fourth-order valence-corrected chi connectivity index (χ4v) is 2.96. The van der Waals surface area contributed by atoms with Crippen LogP contribution < -0.4 is 4.74 Å². The van der Waals surface area contributed by atoms with Crippen molar-refractivity contribution in [1.82, 2.24) is 0 Å². The van der Waals surface area contributed by atoms with Gasteiger partial charge in [0.05, 0.1) is 16.5 Å². The van der Waals surface area contributed by atoms with Crippen LogP contribution >= 0.6 is 23.2 Å². The molecule has 1 heterocycles. The van der Waals surface area contributed by atoms with E-state index in [0.717, 1.165) is 0 Å². The Labute approximate surface area is 97.9 Å². The van der Waals surface area contributed by atoms with Crippen molar-refractivity contribution < 1.29 is 13.2 Å². The number of hydrogen-bond donors (Lipinski definition) is 0. The molecule has 0 unspecified atom stereocenters. The molecule has 15 heavy (non-hydrogen) atoms. The molecule has 0 aromatic heterocycles. The fourth-order valence-electron chi connectivity index (χ4n) is 1.34. The lowest BCUT2D eigenvalue weighted by Crippen LogP contribution is -2.45. The van der Waals surface area contributed by atoms with Crippen molar-refractivity contribution in [1.29, 1.82) is 0 Å². The van der Waals surface area contributed by atoms with Crippen LogP contribution in [0.3, 0.4) is 0 Å². The summed E-state index contributed by atoms with van der Waals surface area (Å²) < 4.78 is 27.2. The molecule has 0 bridgehead atoms. The molecule has 1 saturated heterocycles. The Bertz CT molecular complexity index is 472. The van der Waals surface area contributed by atoms with Gasteiger partial charge < -0.3 is 4.74 Å². The molecule has 0 amide bonds. The van der Waals surface area contributed by atoms with Crippen molar-refractivity contribution in [2.75, 3.05) is 11.5 Å². The summed E-state index contributed by atoms with van der Waals surface area (Å²) in [5.74, 6) is 0.596. The van der Waals surface area contributed by atoms with E-state index in [1.807, 2.05) is 0 Å². The lowest BCUT2D eigenvalue weighted by molar-refractivity contribution is 0.230. The van der Waals surface area contributed by atoms with Crippen molar-refractivity contribution in [2.45, 2.75) is 6.10 Å². The monoisotopic (exact) mass is 266 g/mol. The third kappa shape index (κ3) is 2.56. The smallest absolute Gasteiger partial charge is 0.157 e. The van der Waals surface area contributed by atoms with Crippen molar-refractivity contribution in [3.63, 3.8) is 0 Å². The molecule has 6 heteroatoms. The van der Waals surface area contributed by atoms with Crippen LogP contribution in [0.5, 0.6) is 5.75 Å². The highest BCUT2D eigenvalue weighted by Crippen LogP contribution is 2.30. The standard InChI is InChI=1S/C9H8Cl2O3S/c10-6-1-2-9(8(11)3-6)14-7-4-15(12,13)5-7/h1-3,7H,4-5H2. The number of rotatable bonds is 2. The Morgan fingerprint density at radius 3 is 2.47 bits per heavy atom. The Hall–Kier alpha value is -0.450. The van der Waals surface area contributed by atoms with Crippen LogP contribution in [0.15, 0.2) is 18.2 Å². The topological polar surface area (TPSA) is 43.4 Å². The third-order valence-electron chi connectivity index (χ3n) is 2.07. The molecular weight excluding hydrogens is 259 g/mol. The zero-order valence-corrected chi connectivity index (χ0v) is 9.94. The largest absolute Gasteiger partial charge is 0.487 e. The Morgan fingerprint density at radius 1 is 1.27 bits per heavy atom. The number of sulfone groups is 1. The lowest BCUT2D eigenvalue weighted by atomic mass is 10.3. The molecule has 1 aliphatic heterocycles. The highest BCUT2D eigenvalue weighted by atomic mass is 35.5. The van der Waals surface area contributed by atoms with Crippen LogP contribution in [0.4, 0.5) is 0 Å². The molecule has 0 N–H and O–H groups in total. The second-order valence-electron chi connectivity index (χ2n) is 3.39. The van der Waals surface area contributed by atoms with Crippen LogP contribution in [-0.2, 0) is 9.84 Å². The second-order valence-corrected chi connectivity index (χ2v) is 6.39. The van der Waals surface area contributed by atoms with Gasteiger partial charge >= 0.3 is 0 Å². The molecular formula is C9H8Cl2O3S. The quantitative estimate of drug-likeness (QED) is 0.824. The molecule has 82 valence electrons. The highest BCUT2D eigenvalue weighted by Gasteiger charge is 2.35. The summed E-state index contributed by atoms with van der Waals surface area (Å²) in [5.41, 5.74) is 0. The van der Waals surface area contributed by atoms with E-state index in [4.69, 9.17) is 27.9 Å². The Morgan fingerprint density at radius 2 is 1.93 bits per heavy atom. The van der Waals surface area contributed by atoms with Gasteiger partial charge in [-0.2, -0.15) is 0 Å². The van der Waals surface area contributed by atoms with Crippen LogP contribution in [0.2, 0.25) is 10.0 Å². The lowest BCUT2D eigenvalue weighted by Gasteiger charge is -2.26. The van der Waals surface area contributed by atoms with E-state index < -0.39 is 9.84 Å². The normalized spacial score (nSPS) is 19.6. The summed E-state index contributed by atoms with van der Waals surface area (Å²) in [6.45, 7) is 0. The first-order chi connectivity index (χ1) is 6.96. The summed E-state index contributed by atoms with van der Waals surface area (Å²) in [7, 11) is -2.87. The maximum Gasteiger partial charge on any atom is 0.157 e. The summed E-state index contributed by atoms with van der Waals surface area (Å²) in [6.07, 6.45) is -0.284. The molecule has 1 aliphatic rings. The Balaban J connectivity index is 2.06. The SMILES string of the molecule is O=S1(=O)CC(Oc2ccc(Cl)cc2Cl)C1. The van der Waals surface area contributed by atoms with Crippen LogP contribution in [0.25, 0.3) is 0 Å². The molecule has 0 atom stereocenters. The van der Waals surface area contributed by atoms with Gasteiger partial charge in [0.25, 0.3) is 0 Å². The van der Waals surface area contributed by atoms with Crippen molar-refractivity contribution in [3.8, 4) is 5.75 Å². The number of halogens is 2. The Kier molecular flexibility index (Phi) is 2.83. The van der Waals surface area contributed by atoms with Gasteiger partial charge in [-0.25, -0.2) is 8.42 Å². The minimum absolute atomic E-state index is 0.0615. The van der Waals surface area contributed by atoms with Gasteiger partial charge in [0.1, 0.15) is 11.9 Å². The van der Waals surface area contributed by atoms with E-state index in [9.17, 15) is 8.42 Å². The average molecular weight is 267 g/mol. The van der Waals surface area contributed by atoms with Crippen LogP contribution in [0.1, 0.15) is 0 Å². The molecule has 1 aromatic carbocycles. The molecule has 0 radical (unpaired) electrons. The first-order valence-electron chi connectivity index (χ1n) is 4.28. The van der Waals surface area contributed by atoms with Gasteiger partial charge in [-0.3, -0.25) is 0 Å². The summed E-state index contributed by atoms with van der Waals surface area (Å²) in [5, 5.41) is 0.917. The van der Waals surface area contributed by atoms with Crippen LogP contribution in [-0.4, -0.2) is 26.0 Å². The summed E-state index contributed by atoms with van der Waals surface area (Å²) in [6, 6.07) is 4.84. The summed E-state index contributed by atoms with van der Waals surface area (Å²) >= 11 is 11.6. The predicted octanol–water partition coefficient (Wildman–Crippen LogP) is 2.17. The van der Waals surface area contributed by atoms with Crippen LogP contribution in [0, 0.1) is 0 Å². The van der Waals surface area contributed by atoms with Gasteiger partial charge in [0.15, 0.2) is 9.84 Å². The van der Waals surface area contributed by atoms with E-state index >= 15 is 0 Å². The van der Waals surface area contributed by atoms with Gasteiger partial charge in [0.2, 0.25) is 0 Å². The molecule has 0 aliphatic carbocycles. The molecule has 2 rings (SSSR count). The van der Waals surface area contributed by atoms with Gasteiger partial charge in [-0.15, -0.1) is 0 Å². The average Bonchev–Trinajstić information content (AvgIpc) is 2.06. The van der Waals surface area contributed by atoms with E-state index in [1.54, 1.807) is 18.2 Å². The predicted molar refractivity (Wildman–Crippen MR) is 59.5 cm³/mol. The van der Waals surface area contributed by atoms with Crippen molar-refractivity contribution in [2.24, 2.45) is 0 Å². The maximum atomic E-state index is 10.9. The van der Waals surface area contributed by atoms with E-state index in [2.05, 4.69) is 0 Å². The van der Waals surface area contributed by atoms with E-state index in [-0.39, 0.29) is 17.6 Å². The molecule has 0 saturated carbocycles. The molecule has 1 aromatic rings. The molecule has 0 spiro atoms. The van der Waals surface area contributed by atoms with E-state index in [1.165, 1.54) is 0 Å². The third-order valence-corrected chi connectivity index (χ3v) is 4.36.